The van der Waals surface area contributed by atoms with Crippen LogP contribution in [0.2, 0.25) is 5.02 Å². The van der Waals surface area contributed by atoms with Crippen LogP contribution in [-0.2, 0) is 5.54 Å². The van der Waals surface area contributed by atoms with Gasteiger partial charge in [-0.25, -0.2) is 0 Å². The first-order chi connectivity index (χ1) is 8.82. The van der Waals surface area contributed by atoms with Gasteiger partial charge in [0.15, 0.2) is 5.82 Å². The second-order valence-corrected chi connectivity index (χ2v) is 5.49. The Morgan fingerprint density at radius 1 is 1.37 bits per heavy atom. The fourth-order valence-corrected chi connectivity index (χ4v) is 2.04. The maximum absolute atomic E-state index is 11.1. The molecule has 1 aromatic heterocycles. The minimum absolute atomic E-state index is 0.0778. The van der Waals surface area contributed by atoms with Crippen molar-refractivity contribution >= 4 is 17.3 Å². The molecule has 1 aromatic carbocycles. The summed E-state index contributed by atoms with van der Waals surface area (Å²) in [4.78, 5) is 10.7. The lowest BCUT2D eigenvalue weighted by molar-refractivity contribution is -0.384. The molecule has 0 aliphatic heterocycles. The summed E-state index contributed by atoms with van der Waals surface area (Å²) in [6.07, 6.45) is 1.54. The number of nitro groups is 1. The number of rotatable bonds is 2. The molecule has 0 saturated carbocycles. The van der Waals surface area contributed by atoms with E-state index in [0.717, 1.165) is 0 Å². The van der Waals surface area contributed by atoms with Crippen LogP contribution in [0.3, 0.4) is 0 Å². The Bertz CT molecular complexity index is 631. The summed E-state index contributed by atoms with van der Waals surface area (Å²) in [5.74, 6) is 0.393. The van der Waals surface area contributed by atoms with Gasteiger partial charge >= 0.3 is 0 Å². The lowest BCUT2D eigenvalue weighted by Crippen LogP contribution is -2.22. The molecule has 0 fully saturated rings. The highest BCUT2D eigenvalue weighted by Gasteiger charge is 2.26. The van der Waals surface area contributed by atoms with Crippen molar-refractivity contribution in [3.63, 3.8) is 0 Å². The van der Waals surface area contributed by atoms with Gasteiger partial charge < -0.3 is 4.57 Å². The smallest absolute Gasteiger partial charge is 0.281 e. The summed E-state index contributed by atoms with van der Waals surface area (Å²) in [5, 5.41) is 19.2. The Kier molecular flexibility index (Phi) is 3.28. The van der Waals surface area contributed by atoms with Gasteiger partial charge in [0.1, 0.15) is 11.9 Å². The van der Waals surface area contributed by atoms with E-state index in [-0.39, 0.29) is 16.2 Å². The van der Waals surface area contributed by atoms with Crippen LogP contribution in [0.25, 0.3) is 11.4 Å². The van der Waals surface area contributed by atoms with Gasteiger partial charge in [0.25, 0.3) is 5.69 Å². The number of aromatic nitrogens is 3. The minimum atomic E-state index is -0.469. The number of nitrogens with zero attached hydrogens (tertiary/aromatic N) is 4. The monoisotopic (exact) mass is 280 g/mol. The number of halogens is 1. The highest BCUT2D eigenvalue weighted by Crippen LogP contribution is 2.36. The first-order valence-corrected chi connectivity index (χ1v) is 6.04. The van der Waals surface area contributed by atoms with Crippen LogP contribution < -0.4 is 0 Å². The second kappa shape index (κ2) is 4.62. The fraction of sp³-hybridized carbons (Fsp3) is 0.333. The topological polar surface area (TPSA) is 73.8 Å². The van der Waals surface area contributed by atoms with Crippen molar-refractivity contribution in [2.24, 2.45) is 0 Å². The van der Waals surface area contributed by atoms with E-state index in [4.69, 9.17) is 11.6 Å². The number of hydrogen-bond donors (Lipinski definition) is 0. The Balaban J connectivity index is 2.73. The van der Waals surface area contributed by atoms with E-state index >= 15 is 0 Å². The SMILES string of the molecule is CC(C)(C)n1cnnc1-c1c(Cl)cccc1[N+](=O)[O-]. The van der Waals surface area contributed by atoms with Crippen LogP contribution in [0.5, 0.6) is 0 Å². The molecule has 0 spiro atoms. The van der Waals surface area contributed by atoms with E-state index in [0.29, 0.717) is 11.4 Å². The van der Waals surface area contributed by atoms with E-state index in [9.17, 15) is 10.1 Å². The van der Waals surface area contributed by atoms with Crippen molar-refractivity contribution in [1.29, 1.82) is 0 Å². The Hall–Kier alpha value is -1.95. The highest BCUT2D eigenvalue weighted by atomic mass is 35.5. The predicted molar refractivity (Wildman–Crippen MR) is 72.1 cm³/mol. The van der Waals surface area contributed by atoms with Gasteiger partial charge in [0.05, 0.1) is 9.95 Å². The first-order valence-electron chi connectivity index (χ1n) is 5.66. The van der Waals surface area contributed by atoms with Crippen molar-refractivity contribution in [1.82, 2.24) is 14.8 Å². The number of nitro benzene ring substituents is 1. The van der Waals surface area contributed by atoms with Gasteiger partial charge in [-0.2, -0.15) is 0 Å². The van der Waals surface area contributed by atoms with Crippen LogP contribution in [0, 0.1) is 10.1 Å². The zero-order valence-electron chi connectivity index (χ0n) is 10.8. The molecule has 6 nitrogen and oxygen atoms in total. The molecular formula is C12H13ClN4O2. The van der Waals surface area contributed by atoms with Crippen molar-refractivity contribution in [3.05, 3.63) is 39.7 Å². The molecule has 19 heavy (non-hydrogen) atoms. The van der Waals surface area contributed by atoms with Gasteiger partial charge in [-0.1, -0.05) is 17.7 Å². The molecule has 0 unspecified atom stereocenters. The summed E-state index contributed by atoms with van der Waals surface area (Å²) in [7, 11) is 0. The van der Waals surface area contributed by atoms with Gasteiger partial charge in [-0.05, 0) is 26.8 Å². The molecule has 2 aromatic rings. The van der Waals surface area contributed by atoms with Crippen LogP contribution in [0.4, 0.5) is 5.69 Å². The molecule has 0 N–H and O–H groups in total. The summed E-state index contributed by atoms with van der Waals surface area (Å²) >= 11 is 6.10. The zero-order chi connectivity index (χ0) is 14.2. The van der Waals surface area contributed by atoms with Crippen molar-refractivity contribution in [3.8, 4) is 11.4 Å². The maximum Gasteiger partial charge on any atom is 0.281 e. The van der Waals surface area contributed by atoms with Gasteiger partial charge in [0, 0.05) is 11.6 Å². The number of benzene rings is 1. The molecule has 0 amide bonds. The standard InChI is InChI=1S/C12H13ClN4O2/c1-12(2,3)16-7-14-15-11(16)10-8(13)5-4-6-9(10)17(18)19/h4-7H,1-3H3. The molecule has 7 heteroatoms. The van der Waals surface area contributed by atoms with Crippen LogP contribution in [0.1, 0.15) is 20.8 Å². The lowest BCUT2D eigenvalue weighted by atomic mass is 10.1. The van der Waals surface area contributed by atoms with Gasteiger partial charge in [-0.15, -0.1) is 10.2 Å². The number of hydrogen-bond acceptors (Lipinski definition) is 4. The maximum atomic E-state index is 11.1. The Labute approximate surface area is 115 Å². The second-order valence-electron chi connectivity index (χ2n) is 5.09. The quantitative estimate of drug-likeness (QED) is 0.625. The molecule has 0 aliphatic rings. The van der Waals surface area contributed by atoms with E-state index in [1.54, 1.807) is 23.0 Å². The molecule has 2 rings (SSSR count). The molecular weight excluding hydrogens is 268 g/mol. The molecule has 0 saturated heterocycles. The summed E-state index contributed by atoms with van der Waals surface area (Å²) in [6.45, 7) is 5.88. The average molecular weight is 281 g/mol. The van der Waals surface area contributed by atoms with Crippen LogP contribution in [0.15, 0.2) is 24.5 Å². The summed E-state index contributed by atoms with van der Waals surface area (Å²) < 4.78 is 1.77. The fourth-order valence-electron chi connectivity index (χ4n) is 1.78. The predicted octanol–water partition coefficient (Wildman–Crippen LogP) is 3.26. The van der Waals surface area contributed by atoms with Crippen LogP contribution >= 0.6 is 11.6 Å². The van der Waals surface area contributed by atoms with Crippen molar-refractivity contribution < 1.29 is 4.92 Å². The minimum Gasteiger partial charge on any atom is -0.308 e. The molecule has 0 atom stereocenters. The molecule has 1 heterocycles. The zero-order valence-corrected chi connectivity index (χ0v) is 11.5. The van der Waals surface area contributed by atoms with Crippen molar-refractivity contribution in [2.75, 3.05) is 0 Å². The van der Waals surface area contributed by atoms with Gasteiger partial charge in [-0.3, -0.25) is 10.1 Å². The third kappa shape index (κ3) is 2.44. The first kappa shape index (κ1) is 13.5. The molecule has 0 bridgehead atoms. The largest absolute Gasteiger partial charge is 0.308 e. The normalized spacial score (nSPS) is 11.6. The lowest BCUT2D eigenvalue weighted by Gasteiger charge is -2.22. The van der Waals surface area contributed by atoms with Crippen LogP contribution in [-0.4, -0.2) is 19.7 Å². The molecule has 0 aliphatic carbocycles. The Morgan fingerprint density at radius 3 is 2.63 bits per heavy atom. The van der Waals surface area contributed by atoms with E-state index in [2.05, 4.69) is 10.2 Å². The van der Waals surface area contributed by atoms with E-state index in [1.807, 2.05) is 20.8 Å². The highest BCUT2D eigenvalue weighted by molar-refractivity contribution is 6.33. The molecule has 0 radical (unpaired) electrons. The average Bonchev–Trinajstić information content (AvgIpc) is 2.76. The Morgan fingerprint density at radius 2 is 2.05 bits per heavy atom. The summed E-state index contributed by atoms with van der Waals surface area (Å²) in [5.41, 5.74) is -0.0844. The van der Waals surface area contributed by atoms with E-state index in [1.165, 1.54) is 6.07 Å². The van der Waals surface area contributed by atoms with Crippen molar-refractivity contribution in [2.45, 2.75) is 26.3 Å². The summed E-state index contributed by atoms with van der Waals surface area (Å²) in [6, 6.07) is 4.55. The third-order valence-corrected chi connectivity index (χ3v) is 3.00. The third-order valence-electron chi connectivity index (χ3n) is 2.68. The molecule has 100 valence electrons. The van der Waals surface area contributed by atoms with Gasteiger partial charge in [0.2, 0.25) is 0 Å². The van der Waals surface area contributed by atoms with E-state index < -0.39 is 4.92 Å².